The third-order valence-corrected chi connectivity index (χ3v) is 3.42. The zero-order valence-electron chi connectivity index (χ0n) is 11.4. The Balaban J connectivity index is 2.22. The zero-order valence-corrected chi connectivity index (χ0v) is 11.4. The van der Waals surface area contributed by atoms with Gasteiger partial charge in [0, 0.05) is 22.0 Å². The maximum absolute atomic E-state index is 5.98. The second-order valence-corrected chi connectivity index (χ2v) is 4.72. The molecule has 2 N–H and O–H groups in total. The number of nitrogens with two attached hydrogens (primary N) is 1. The molecule has 1 heterocycles. The van der Waals surface area contributed by atoms with Crippen LogP contribution >= 0.6 is 0 Å². The summed E-state index contributed by atoms with van der Waals surface area (Å²) >= 11 is 0. The first kappa shape index (κ1) is 12.4. The summed E-state index contributed by atoms with van der Waals surface area (Å²) in [6, 6.07) is 11.8. The van der Waals surface area contributed by atoms with Crippen LogP contribution in [-0.2, 0) is 0 Å². The first-order valence-electron chi connectivity index (χ1n) is 6.35. The summed E-state index contributed by atoms with van der Waals surface area (Å²) in [5.74, 6) is 0.805. The van der Waals surface area contributed by atoms with Crippen LogP contribution in [0, 0.1) is 6.92 Å². The van der Waals surface area contributed by atoms with E-state index in [1.54, 1.807) is 13.3 Å². The number of anilines is 1. The number of nitrogen functional groups attached to an aromatic ring is 1. The van der Waals surface area contributed by atoms with Gasteiger partial charge in [0.15, 0.2) is 0 Å². The SMILES string of the molecule is COc1ccc2c(-c3ccc(C)c(N)c3)nncc2c1. The highest BCUT2D eigenvalue weighted by Gasteiger charge is 2.08. The molecule has 100 valence electrons. The fraction of sp³-hybridized carbons (Fsp3) is 0.125. The lowest BCUT2D eigenvalue weighted by atomic mass is 10.0. The molecule has 0 aliphatic heterocycles. The van der Waals surface area contributed by atoms with Crippen LogP contribution in [0.2, 0.25) is 0 Å². The van der Waals surface area contributed by atoms with Gasteiger partial charge in [-0.2, -0.15) is 5.10 Å². The van der Waals surface area contributed by atoms with Crippen molar-refractivity contribution in [3.05, 3.63) is 48.2 Å². The molecule has 4 nitrogen and oxygen atoms in total. The van der Waals surface area contributed by atoms with Crippen molar-refractivity contribution in [2.24, 2.45) is 0 Å². The zero-order chi connectivity index (χ0) is 14.1. The van der Waals surface area contributed by atoms with E-state index in [1.165, 1.54) is 0 Å². The van der Waals surface area contributed by atoms with Crippen molar-refractivity contribution in [2.75, 3.05) is 12.8 Å². The molecular weight excluding hydrogens is 250 g/mol. The summed E-state index contributed by atoms with van der Waals surface area (Å²) in [6.07, 6.45) is 1.74. The summed E-state index contributed by atoms with van der Waals surface area (Å²) in [6.45, 7) is 1.98. The Labute approximate surface area is 117 Å². The largest absolute Gasteiger partial charge is 0.497 e. The summed E-state index contributed by atoms with van der Waals surface area (Å²) in [5, 5.41) is 10.4. The summed E-state index contributed by atoms with van der Waals surface area (Å²) < 4.78 is 5.23. The number of methoxy groups -OCH3 is 1. The van der Waals surface area contributed by atoms with Crippen LogP contribution in [0.1, 0.15) is 5.56 Å². The molecule has 3 aromatic rings. The van der Waals surface area contributed by atoms with E-state index >= 15 is 0 Å². The van der Waals surface area contributed by atoms with Gasteiger partial charge in [0.25, 0.3) is 0 Å². The van der Waals surface area contributed by atoms with Gasteiger partial charge in [-0.05, 0) is 36.8 Å². The van der Waals surface area contributed by atoms with Gasteiger partial charge in [0.2, 0.25) is 0 Å². The van der Waals surface area contributed by atoms with E-state index in [2.05, 4.69) is 10.2 Å². The number of ether oxygens (including phenoxy) is 1. The standard InChI is InChI=1S/C16H15N3O/c1-10-3-4-11(8-15(10)17)16-14-6-5-13(20-2)7-12(14)9-18-19-16/h3-9H,17H2,1-2H3. The topological polar surface area (TPSA) is 61.0 Å². The first-order chi connectivity index (χ1) is 9.69. The van der Waals surface area contributed by atoms with Crippen LogP contribution in [0.15, 0.2) is 42.6 Å². The van der Waals surface area contributed by atoms with E-state index in [9.17, 15) is 0 Å². The molecule has 1 aromatic heterocycles. The Kier molecular flexibility index (Phi) is 2.99. The van der Waals surface area contributed by atoms with Gasteiger partial charge in [-0.1, -0.05) is 12.1 Å². The maximum Gasteiger partial charge on any atom is 0.119 e. The van der Waals surface area contributed by atoms with Crippen LogP contribution in [0.5, 0.6) is 5.75 Å². The Hall–Kier alpha value is -2.62. The molecule has 0 atom stereocenters. The van der Waals surface area contributed by atoms with Crippen LogP contribution in [0.25, 0.3) is 22.0 Å². The van der Waals surface area contributed by atoms with Crippen molar-refractivity contribution >= 4 is 16.5 Å². The number of aromatic nitrogens is 2. The van der Waals surface area contributed by atoms with E-state index in [0.29, 0.717) is 0 Å². The second kappa shape index (κ2) is 4.81. The third-order valence-electron chi connectivity index (χ3n) is 3.42. The number of nitrogens with zero attached hydrogens (tertiary/aromatic N) is 2. The van der Waals surface area contributed by atoms with Crippen LogP contribution in [0.4, 0.5) is 5.69 Å². The predicted molar refractivity (Wildman–Crippen MR) is 80.7 cm³/mol. The van der Waals surface area contributed by atoms with Crippen molar-refractivity contribution in [3.63, 3.8) is 0 Å². The molecule has 0 bridgehead atoms. The molecule has 0 unspecified atom stereocenters. The van der Waals surface area contributed by atoms with Crippen LogP contribution in [-0.4, -0.2) is 17.3 Å². The van der Waals surface area contributed by atoms with Crippen molar-refractivity contribution in [3.8, 4) is 17.0 Å². The molecule has 3 rings (SSSR count). The second-order valence-electron chi connectivity index (χ2n) is 4.72. The molecular formula is C16H15N3O. The smallest absolute Gasteiger partial charge is 0.119 e. The Morgan fingerprint density at radius 3 is 2.70 bits per heavy atom. The minimum Gasteiger partial charge on any atom is -0.497 e. The summed E-state index contributed by atoms with van der Waals surface area (Å²) in [7, 11) is 1.65. The van der Waals surface area contributed by atoms with Crippen molar-refractivity contribution in [1.82, 2.24) is 10.2 Å². The molecule has 0 aliphatic carbocycles. The van der Waals surface area contributed by atoms with E-state index < -0.39 is 0 Å². The molecule has 0 amide bonds. The highest BCUT2D eigenvalue weighted by molar-refractivity contribution is 5.95. The van der Waals surface area contributed by atoms with E-state index in [4.69, 9.17) is 10.5 Å². The number of hydrogen-bond donors (Lipinski definition) is 1. The van der Waals surface area contributed by atoms with Crippen LogP contribution < -0.4 is 10.5 Å². The number of hydrogen-bond acceptors (Lipinski definition) is 4. The molecule has 0 radical (unpaired) electrons. The van der Waals surface area contributed by atoms with E-state index in [-0.39, 0.29) is 0 Å². The average molecular weight is 265 g/mol. The summed E-state index contributed by atoms with van der Waals surface area (Å²) in [5.41, 5.74) is 9.60. The lowest BCUT2D eigenvalue weighted by Crippen LogP contribution is -1.94. The van der Waals surface area contributed by atoms with Gasteiger partial charge >= 0.3 is 0 Å². The van der Waals surface area contributed by atoms with E-state index in [1.807, 2.05) is 43.3 Å². The molecule has 0 fully saturated rings. The molecule has 0 aliphatic rings. The van der Waals surface area contributed by atoms with Crippen LogP contribution in [0.3, 0.4) is 0 Å². The lowest BCUT2D eigenvalue weighted by Gasteiger charge is -2.08. The van der Waals surface area contributed by atoms with Crippen molar-refractivity contribution < 1.29 is 4.74 Å². The van der Waals surface area contributed by atoms with Gasteiger partial charge in [-0.15, -0.1) is 5.10 Å². The predicted octanol–water partition coefficient (Wildman–Crippen LogP) is 3.20. The third kappa shape index (κ3) is 2.05. The minimum atomic E-state index is 0.759. The highest BCUT2D eigenvalue weighted by Crippen LogP contribution is 2.29. The molecule has 2 aromatic carbocycles. The number of rotatable bonds is 2. The number of aryl methyl sites for hydroxylation is 1. The Bertz CT molecular complexity index is 784. The molecule has 4 heteroatoms. The van der Waals surface area contributed by atoms with E-state index in [0.717, 1.165) is 39.0 Å². The van der Waals surface area contributed by atoms with Gasteiger partial charge < -0.3 is 10.5 Å². The fourth-order valence-electron chi connectivity index (χ4n) is 2.19. The Morgan fingerprint density at radius 1 is 1.10 bits per heavy atom. The fourth-order valence-corrected chi connectivity index (χ4v) is 2.19. The lowest BCUT2D eigenvalue weighted by molar-refractivity contribution is 0.415. The first-order valence-corrected chi connectivity index (χ1v) is 6.35. The van der Waals surface area contributed by atoms with Crippen molar-refractivity contribution in [2.45, 2.75) is 6.92 Å². The van der Waals surface area contributed by atoms with Gasteiger partial charge in [0.05, 0.1) is 13.3 Å². The monoisotopic (exact) mass is 265 g/mol. The molecule has 0 spiro atoms. The van der Waals surface area contributed by atoms with Gasteiger partial charge in [-0.3, -0.25) is 0 Å². The number of benzene rings is 2. The van der Waals surface area contributed by atoms with Gasteiger partial charge in [0.1, 0.15) is 11.4 Å². The summed E-state index contributed by atoms with van der Waals surface area (Å²) in [4.78, 5) is 0. The van der Waals surface area contributed by atoms with Crippen molar-refractivity contribution in [1.29, 1.82) is 0 Å². The average Bonchev–Trinajstić information content (AvgIpc) is 2.49. The molecule has 0 saturated carbocycles. The molecule has 20 heavy (non-hydrogen) atoms. The molecule has 0 saturated heterocycles. The normalized spacial score (nSPS) is 10.7. The highest BCUT2D eigenvalue weighted by atomic mass is 16.5. The maximum atomic E-state index is 5.98. The minimum absolute atomic E-state index is 0.759. The quantitative estimate of drug-likeness (QED) is 0.723. The Morgan fingerprint density at radius 2 is 1.95 bits per heavy atom. The number of fused-ring (bicyclic) bond motifs is 1. The van der Waals surface area contributed by atoms with Gasteiger partial charge in [-0.25, -0.2) is 0 Å².